The molecule has 0 unspecified atom stereocenters. The fourth-order valence-electron chi connectivity index (χ4n) is 3.13. The Balaban J connectivity index is -0.000000173. The number of alkyl halides is 26. The van der Waals surface area contributed by atoms with Crippen molar-refractivity contribution < 1.29 is 214 Å². The van der Waals surface area contributed by atoms with Gasteiger partial charge in [0, 0.05) is 29.3 Å². The summed E-state index contributed by atoms with van der Waals surface area (Å²) in [4.78, 5) is 60.4. The standard InChI is InChI=1S/C14H21N6O.4C5H2F6O2.CH2Cl2.F6P.2Ru/c1-8(2)19-14(21)20(9(3)4)18-13(17-19)12-15-10(5)7-11(6)16-12;4*6-4(7,8)2(12)1-3(13)5(9,10)11;2-1-3;1-7(2,3,4,5)6;;/h7-9H,1-6H3;4*1,12H;1H2;;;/q-1;;;;;;-1;2*+3/p-4/b;4*2-1-;;;;. The zero-order chi connectivity index (χ0) is 68.3. The minimum absolute atomic E-state index is 0. The van der Waals surface area contributed by atoms with Crippen molar-refractivity contribution in [1.82, 2.24) is 20.0 Å². The number of hydrogen-bond acceptors (Lipinski definition) is 12. The average molecular weight is 1550 g/mol. The maximum atomic E-state index is 12.3. The number of hydrazone groups is 1. The molecule has 0 bridgehead atoms. The number of halogens is 32. The number of urea groups is 1. The van der Waals surface area contributed by atoms with E-state index in [4.69, 9.17) is 23.2 Å². The second kappa shape index (κ2) is 33.8. The molecule has 0 fully saturated rings. The molecular formula is C35H27Cl2F30N6O9PRu2. The van der Waals surface area contributed by atoms with Gasteiger partial charge in [-0.15, -0.1) is 23.2 Å². The van der Waals surface area contributed by atoms with Crippen molar-refractivity contribution >= 4 is 66.0 Å². The van der Waals surface area contributed by atoms with Crippen LogP contribution in [0, 0.1) is 13.8 Å². The number of allylic oxidation sites excluding steroid dienone is 8. The predicted octanol–water partition coefficient (Wildman–Crippen LogP) is 11.1. The maximum Gasteiger partial charge on any atom is 3.00 e. The van der Waals surface area contributed by atoms with E-state index in [0.717, 1.165) is 11.4 Å². The molecule has 0 saturated carbocycles. The van der Waals surface area contributed by atoms with E-state index in [2.05, 4.69) is 20.5 Å². The Morgan fingerprint density at radius 2 is 0.694 bits per heavy atom. The number of ketones is 4. The molecule has 496 valence electrons. The molecule has 0 aromatic carbocycles. The summed E-state index contributed by atoms with van der Waals surface area (Å²) < 4.78 is 330. The van der Waals surface area contributed by atoms with Crippen LogP contribution in [0.15, 0.2) is 58.5 Å². The van der Waals surface area contributed by atoms with E-state index in [-0.39, 0.29) is 62.4 Å². The smallest absolute Gasteiger partial charge is 0.869 e. The molecule has 2 rings (SSSR count). The van der Waals surface area contributed by atoms with Crippen LogP contribution in [-0.4, -0.2) is 122 Å². The van der Waals surface area contributed by atoms with E-state index in [9.17, 15) is 175 Å². The monoisotopic (exact) mass is 1550 g/mol. The first-order valence-electron chi connectivity index (χ1n) is 19.1. The molecule has 2 heterocycles. The molecule has 1 aliphatic heterocycles. The molecule has 1 aromatic rings. The Labute approximate surface area is 488 Å². The number of rotatable bonds is 7. The molecule has 0 aliphatic carbocycles. The summed E-state index contributed by atoms with van der Waals surface area (Å²) in [5, 5.41) is 46.6. The Morgan fingerprint density at radius 3 is 0.847 bits per heavy atom. The Bertz CT molecular complexity index is 2290. The molecule has 2 amide bonds. The zero-order valence-electron chi connectivity index (χ0n) is 40.9. The van der Waals surface area contributed by atoms with Gasteiger partial charge in [0.1, 0.15) is 0 Å². The number of amides is 2. The van der Waals surface area contributed by atoms with Crippen LogP contribution in [0.1, 0.15) is 44.9 Å². The number of carbonyl (C=O) groups is 5. The SMILES string of the molecule is Cc1cc(C)nc(C2=NN(C(C)C)C(=O)N(C(C)C)[N-]2)n1.ClCCl.F[P-](F)(F)(F)(F)F.O=C(/C=C(\[O-])C(F)(F)F)C(F)(F)F.O=C(/C=C(\[O-])C(F)(F)F)C(F)(F)F.O=C(/C=C(\[O-])C(F)(F)F)C(F)(F)F.O=C(/C=C(\[O-])C(F)(F)F)C(F)(F)F.[Ru+3].[Ru+3]. The summed E-state index contributed by atoms with van der Waals surface area (Å²) in [7, 11) is -10.7. The van der Waals surface area contributed by atoms with Gasteiger partial charge in [-0.2, -0.15) is 105 Å². The molecule has 1 aliphatic rings. The molecule has 0 spiro atoms. The van der Waals surface area contributed by atoms with Gasteiger partial charge in [0.05, 0.1) is 5.34 Å². The van der Waals surface area contributed by atoms with Crippen LogP contribution in [0.3, 0.4) is 0 Å². The van der Waals surface area contributed by atoms with Gasteiger partial charge in [-0.3, -0.25) is 19.2 Å². The van der Waals surface area contributed by atoms with E-state index in [1.165, 1.54) is 10.0 Å². The quantitative estimate of drug-likeness (QED) is 0.0621. The van der Waals surface area contributed by atoms with Crippen molar-refractivity contribution in [3.63, 3.8) is 0 Å². The number of aryl methyl sites for hydroxylation is 2. The summed E-state index contributed by atoms with van der Waals surface area (Å²) in [5.74, 6) is -21.8. The minimum Gasteiger partial charge on any atom is -0.869 e. The van der Waals surface area contributed by atoms with Gasteiger partial charge in [0.15, 0.2) is 5.82 Å². The molecular weight excluding hydrogens is 1520 g/mol. The normalized spacial score (nSPS) is 14.8. The summed E-state index contributed by atoms with van der Waals surface area (Å²) in [6, 6.07) is 1.54. The van der Waals surface area contributed by atoms with Gasteiger partial charge in [-0.05, 0) is 94.9 Å². The summed E-state index contributed by atoms with van der Waals surface area (Å²) in [6.07, 6.45) is -47.8. The molecule has 0 atom stereocenters. The van der Waals surface area contributed by atoms with Crippen molar-refractivity contribution in [2.45, 2.75) is 103 Å². The summed E-state index contributed by atoms with van der Waals surface area (Å²) in [6.45, 7) is 11.4. The van der Waals surface area contributed by atoms with Crippen molar-refractivity contribution in [1.29, 1.82) is 0 Å². The van der Waals surface area contributed by atoms with E-state index in [1.54, 1.807) is 0 Å². The Kier molecular flexibility index (Phi) is 37.2. The van der Waals surface area contributed by atoms with Crippen molar-refractivity contribution in [3.05, 3.63) is 76.0 Å². The van der Waals surface area contributed by atoms with E-state index in [1.807, 2.05) is 47.6 Å². The summed E-state index contributed by atoms with van der Waals surface area (Å²) in [5.41, 5.74) is 6.01. The molecule has 85 heavy (non-hydrogen) atoms. The van der Waals surface area contributed by atoms with E-state index < -0.39 is 128 Å². The van der Waals surface area contributed by atoms with Gasteiger partial charge in [0.2, 0.25) is 0 Å². The Hall–Kier alpha value is -5.18. The fourth-order valence-corrected chi connectivity index (χ4v) is 3.13. The topological polar surface area (TPSA) is 236 Å². The van der Waals surface area contributed by atoms with Crippen molar-refractivity contribution in [2.75, 3.05) is 5.34 Å². The molecule has 2 radical (unpaired) electrons. The van der Waals surface area contributed by atoms with Crippen molar-refractivity contribution in [3.8, 4) is 0 Å². The van der Waals surface area contributed by atoms with Crippen LogP contribution in [0.2, 0.25) is 0 Å². The number of nitrogens with zero attached hydrogens (tertiary/aromatic N) is 6. The van der Waals surface area contributed by atoms with Crippen LogP contribution >= 0.6 is 31.0 Å². The number of aromatic nitrogens is 2. The van der Waals surface area contributed by atoms with Crippen LogP contribution in [-0.2, 0) is 58.1 Å². The molecule has 0 saturated heterocycles. The van der Waals surface area contributed by atoms with Crippen LogP contribution in [0.25, 0.3) is 5.43 Å². The first-order chi connectivity index (χ1) is 35.8. The number of hydrogen-bond donors (Lipinski definition) is 0. The predicted molar refractivity (Wildman–Crippen MR) is 212 cm³/mol. The molecule has 50 heteroatoms. The minimum atomic E-state index is -10.7. The fraction of sp³-hybridized carbons (Fsp3) is 0.486. The van der Waals surface area contributed by atoms with Crippen LogP contribution in [0.4, 0.5) is 135 Å². The first-order valence-corrected chi connectivity index (χ1v) is 22.2. The third-order valence-electron chi connectivity index (χ3n) is 6.24. The molecule has 15 nitrogen and oxygen atoms in total. The molecule has 0 N–H and O–H groups in total. The van der Waals surface area contributed by atoms with Gasteiger partial charge in [-0.25, -0.2) is 14.8 Å². The largest absolute Gasteiger partial charge is 3.00 e. The van der Waals surface area contributed by atoms with Gasteiger partial charge < -0.3 is 41.0 Å². The third-order valence-corrected chi connectivity index (χ3v) is 6.24. The van der Waals surface area contributed by atoms with E-state index >= 15 is 0 Å². The van der Waals surface area contributed by atoms with Crippen LogP contribution in [0.5, 0.6) is 0 Å². The first kappa shape index (κ1) is 93.5. The van der Waals surface area contributed by atoms with Crippen molar-refractivity contribution in [2.24, 2.45) is 5.10 Å². The zero-order valence-corrected chi connectivity index (χ0v) is 46.7. The third kappa shape index (κ3) is 47.6. The van der Waals surface area contributed by atoms with Gasteiger partial charge in [-0.1, -0.05) is 0 Å². The summed E-state index contributed by atoms with van der Waals surface area (Å²) >= 11 is 9.53. The maximum absolute atomic E-state index is 12.3. The second-order valence-corrected chi connectivity index (χ2v) is 16.9. The van der Waals surface area contributed by atoms with Crippen LogP contribution < -0.4 is 20.4 Å². The average Bonchev–Trinajstić information content (AvgIpc) is 3.20. The molecule has 1 aromatic heterocycles. The van der Waals surface area contributed by atoms with E-state index in [0.29, 0.717) is 11.7 Å². The van der Waals surface area contributed by atoms with Gasteiger partial charge in [0.25, 0.3) is 23.1 Å². The number of carbonyl (C=O) groups excluding carboxylic acids is 5. The number of amidine groups is 1. The second-order valence-electron chi connectivity index (χ2n) is 14.2. The van der Waals surface area contributed by atoms with Gasteiger partial charge >= 0.3 is 127 Å². The Morgan fingerprint density at radius 1 is 0.494 bits per heavy atom.